The molecule has 1 aliphatic carbocycles. The number of aromatic nitrogens is 5. The van der Waals surface area contributed by atoms with Crippen molar-refractivity contribution >= 4 is 26.5 Å². The van der Waals surface area contributed by atoms with Crippen LogP contribution in [-0.2, 0) is 9.84 Å². The van der Waals surface area contributed by atoms with E-state index in [9.17, 15) is 8.42 Å². The van der Waals surface area contributed by atoms with E-state index in [1.165, 1.54) is 11.9 Å². The minimum absolute atomic E-state index is 0.273. The first-order valence-electron chi connectivity index (χ1n) is 13.2. The summed E-state index contributed by atoms with van der Waals surface area (Å²) >= 11 is 0. The number of rotatable bonds is 5. The molecule has 1 aliphatic heterocycles. The SMILES string of the molecule is COc1cc(-c2[nH]c3ccc(C4CCC(N5CCS(=O)(=O)CC5)CC4)nc3c2C(C)C)cn2ncnc12. The maximum absolute atomic E-state index is 11.8. The van der Waals surface area contributed by atoms with Gasteiger partial charge in [0.25, 0.3) is 0 Å². The molecule has 5 heterocycles. The van der Waals surface area contributed by atoms with Crippen molar-refractivity contribution in [3.63, 3.8) is 0 Å². The molecular weight excluding hydrogens is 488 g/mol. The van der Waals surface area contributed by atoms with E-state index in [1.54, 1.807) is 11.6 Å². The summed E-state index contributed by atoms with van der Waals surface area (Å²) in [7, 11) is -1.19. The normalized spacial score (nSPS) is 22.7. The fourth-order valence-corrected chi connectivity index (χ4v) is 7.36. The Bertz CT molecular complexity index is 1540. The van der Waals surface area contributed by atoms with Gasteiger partial charge in [0.2, 0.25) is 0 Å². The zero-order valence-electron chi connectivity index (χ0n) is 21.6. The van der Waals surface area contributed by atoms with E-state index >= 15 is 0 Å². The van der Waals surface area contributed by atoms with Gasteiger partial charge in [0, 0.05) is 48.1 Å². The fourth-order valence-electron chi connectivity index (χ4n) is 6.13. The van der Waals surface area contributed by atoms with Crippen LogP contribution in [0.3, 0.4) is 0 Å². The van der Waals surface area contributed by atoms with Gasteiger partial charge in [0.05, 0.1) is 35.3 Å². The highest BCUT2D eigenvalue weighted by Crippen LogP contribution is 2.39. The molecule has 0 aromatic carbocycles. The van der Waals surface area contributed by atoms with Crippen molar-refractivity contribution in [2.24, 2.45) is 0 Å². The quantitative estimate of drug-likeness (QED) is 0.420. The molecule has 0 unspecified atom stereocenters. The molecule has 1 saturated carbocycles. The van der Waals surface area contributed by atoms with E-state index < -0.39 is 9.84 Å². The third-order valence-corrected chi connectivity index (χ3v) is 9.75. The van der Waals surface area contributed by atoms with Crippen molar-refractivity contribution in [3.8, 4) is 17.0 Å². The Morgan fingerprint density at radius 1 is 1.11 bits per heavy atom. The van der Waals surface area contributed by atoms with Crippen LogP contribution in [0.25, 0.3) is 27.9 Å². The summed E-state index contributed by atoms with van der Waals surface area (Å²) in [6.07, 6.45) is 7.87. The van der Waals surface area contributed by atoms with Crippen LogP contribution in [0.4, 0.5) is 0 Å². The summed E-state index contributed by atoms with van der Waals surface area (Å²) in [6, 6.07) is 6.84. The molecule has 1 saturated heterocycles. The molecule has 1 N–H and O–H groups in total. The second-order valence-corrected chi connectivity index (χ2v) is 13.0. The number of hydrogen-bond donors (Lipinski definition) is 1. The Hall–Kier alpha value is -2.98. The van der Waals surface area contributed by atoms with E-state index in [2.05, 4.69) is 45.9 Å². The molecule has 0 amide bonds. The molecule has 196 valence electrons. The second kappa shape index (κ2) is 9.40. The van der Waals surface area contributed by atoms with Crippen molar-refractivity contribution in [1.82, 2.24) is 29.5 Å². The number of sulfone groups is 1. The molecule has 0 atom stereocenters. The minimum atomic E-state index is -2.84. The number of pyridine rings is 2. The second-order valence-electron chi connectivity index (χ2n) is 10.7. The van der Waals surface area contributed by atoms with Gasteiger partial charge in [-0.2, -0.15) is 5.10 Å². The van der Waals surface area contributed by atoms with E-state index in [4.69, 9.17) is 9.72 Å². The highest BCUT2D eigenvalue weighted by Gasteiger charge is 2.31. The van der Waals surface area contributed by atoms with Crippen molar-refractivity contribution in [3.05, 3.63) is 42.0 Å². The molecule has 37 heavy (non-hydrogen) atoms. The highest BCUT2D eigenvalue weighted by molar-refractivity contribution is 7.91. The maximum Gasteiger partial charge on any atom is 0.197 e. The monoisotopic (exact) mass is 522 g/mol. The molecule has 0 spiro atoms. The Labute approximate surface area is 217 Å². The van der Waals surface area contributed by atoms with Gasteiger partial charge in [-0.05, 0) is 49.8 Å². The number of fused-ring (bicyclic) bond motifs is 2. The lowest BCUT2D eigenvalue weighted by Crippen LogP contribution is -2.47. The van der Waals surface area contributed by atoms with Crippen LogP contribution >= 0.6 is 0 Å². The lowest BCUT2D eigenvalue weighted by atomic mass is 9.83. The van der Waals surface area contributed by atoms with Gasteiger partial charge in [-0.15, -0.1) is 0 Å². The molecule has 4 aromatic heterocycles. The van der Waals surface area contributed by atoms with Gasteiger partial charge in [0.15, 0.2) is 21.2 Å². The number of nitrogens with one attached hydrogen (secondary N) is 1. The number of nitrogens with zero attached hydrogens (tertiary/aromatic N) is 5. The highest BCUT2D eigenvalue weighted by atomic mass is 32.2. The predicted molar refractivity (Wildman–Crippen MR) is 144 cm³/mol. The largest absolute Gasteiger partial charge is 0.493 e. The van der Waals surface area contributed by atoms with Gasteiger partial charge in [-0.1, -0.05) is 13.8 Å². The average Bonchev–Trinajstić information content (AvgIpc) is 3.52. The number of ether oxygens (including phenoxy) is 1. The van der Waals surface area contributed by atoms with Gasteiger partial charge in [-0.3, -0.25) is 9.88 Å². The zero-order valence-corrected chi connectivity index (χ0v) is 22.5. The van der Waals surface area contributed by atoms with E-state index in [1.807, 2.05) is 12.3 Å². The van der Waals surface area contributed by atoms with Crippen molar-refractivity contribution in [2.75, 3.05) is 31.7 Å². The molecule has 2 aliphatic rings. The maximum atomic E-state index is 11.8. The minimum Gasteiger partial charge on any atom is -0.493 e. The van der Waals surface area contributed by atoms with E-state index in [0.29, 0.717) is 48.0 Å². The fraction of sp³-hybridized carbons (Fsp3) is 0.519. The zero-order chi connectivity index (χ0) is 25.7. The Kier molecular flexibility index (Phi) is 6.19. The predicted octanol–water partition coefficient (Wildman–Crippen LogP) is 4.16. The lowest BCUT2D eigenvalue weighted by Gasteiger charge is -2.38. The molecule has 6 rings (SSSR count). The summed E-state index contributed by atoms with van der Waals surface area (Å²) in [5.41, 5.74) is 7.13. The number of H-pyrrole nitrogens is 1. The summed E-state index contributed by atoms with van der Waals surface area (Å²) in [6.45, 7) is 5.76. The summed E-state index contributed by atoms with van der Waals surface area (Å²) in [5.74, 6) is 1.98. The van der Waals surface area contributed by atoms with Gasteiger partial charge < -0.3 is 9.72 Å². The number of aromatic amines is 1. The van der Waals surface area contributed by atoms with Crippen LogP contribution in [0.5, 0.6) is 5.75 Å². The Morgan fingerprint density at radius 2 is 1.86 bits per heavy atom. The van der Waals surface area contributed by atoms with Crippen molar-refractivity contribution < 1.29 is 13.2 Å². The van der Waals surface area contributed by atoms with Crippen molar-refractivity contribution in [1.29, 1.82) is 0 Å². The number of methoxy groups -OCH3 is 1. The van der Waals surface area contributed by atoms with Crippen LogP contribution in [0, 0.1) is 0 Å². The molecule has 2 fully saturated rings. The molecule has 10 heteroatoms. The molecule has 9 nitrogen and oxygen atoms in total. The van der Waals surface area contributed by atoms with Gasteiger partial charge in [0.1, 0.15) is 6.33 Å². The van der Waals surface area contributed by atoms with Crippen LogP contribution in [0.2, 0.25) is 0 Å². The van der Waals surface area contributed by atoms with Gasteiger partial charge >= 0.3 is 0 Å². The molecule has 0 bridgehead atoms. The first-order valence-corrected chi connectivity index (χ1v) is 15.0. The van der Waals surface area contributed by atoms with E-state index in [0.717, 1.165) is 53.7 Å². The summed E-state index contributed by atoms with van der Waals surface area (Å²) in [5, 5.41) is 4.33. The Balaban J connectivity index is 1.28. The van der Waals surface area contributed by atoms with Crippen molar-refractivity contribution in [2.45, 2.75) is 57.4 Å². The molecule has 4 aromatic rings. The summed E-state index contributed by atoms with van der Waals surface area (Å²) in [4.78, 5) is 15.5. The molecular formula is C27H34N6O3S. The van der Waals surface area contributed by atoms with Gasteiger partial charge in [-0.25, -0.2) is 17.9 Å². The third kappa shape index (κ3) is 4.50. The first-order chi connectivity index (χ1) is 17.8. The Morgan fingerprint density at radius 3 is 2.57 bits per heavy atom. The first kappa shape index (κ1) is 24.4. The number of hydrogen-bond acceptors (Lipinski definition) is 7. The van der Waals surface area contributed by atoms with Crippen LogP contribution in [0.1, 0.15) is 62.6 Å². The molecule has 0 radical (unpaired) electrons. The smallest absolute Gasteiger partial charge is 0.197 e. The van der Waals surface area contributed by atoms with Crippen LogP contribution < -0.4 is 4.74 Å². The standard InChI is InChI=1S/C27H34N6O3S/c1-17(2)24-25(19-14-23(36-3)27-28-16-29-33(27)15-19)31-22-9-8-21(30-26(22)24)18-4-6-20(7-5-18)32-10-12-37(34,35)13-11-32/h8-9,14-18,20,31H,4-7,10-13H2,1-3H3. The van der Waals surface area contributed by atoms with Crippen LogP contribution in [0.15, 0.2) is 30.7 Å². The average molecular weight is 523 g/mol. The lowest BCUT2D eigenvalue weighted by molar-refractivity contribution is 0.160. The van der Waals surface area contributed by atoms with Crippen LogP contribution in [-0.4, -0.2) is 75.6 Å². The van der Waals surface area contributed by atoms with E-state index in [-0.39, 0.29) is 5.92 Å². The third-order valence-electron chi connectivity index (χ3n) is 8.14. The summed E-state index contributed by atoms with van der Waals surface area (Å²) < 4.78 is 31.0. The topological polar surface area (TPSA) is 105 Å².